The Morgan fingerprint density at radius 3 is 1.56 bits per heavy atom. The maximum atomic E-state index is 12.0. The second-order valence-corrected chi connectivity index (χ2v) is 5.46. The second-order valence-electron chi connectivity index (χ2n) is 5.46. The third-order valence-corrected chi connectivity index (χ3v) is 3.32. The lowest BCUT2D eigenvalue weighted by Gasteiger charge is -2.08. The molecule has 8 nitrogen and oxygen atoms in total. The van der Waals surface area contributed by atoms with Gasteiger partial charge < -0.3 is 20.7 Å². The van der Waals surface area contributed by atoms with Gasteiger partial charge in [0.25, 0.3) is 0 Å². The molecule has 0 radical (unpaired) electrons. The van der Waals surface area contributed by atoms with Crippen molar-refractivity contribution in [1.29, 1.82) is 0 Å². The molecular formula is C19H19N3O5. The monoisotopic (exact) mass is 369 g/mol. The van der Waals surface area contributed by atoms with Crippen LogP contribution in [-0.2, 0) is 19.1 Å². The number of nitrogens with one attached hydrogen (secondary N) is 3. The van der Waals surface area contributed by atoms with Crippen LogP contribution in [0.15, 0.2) is 48.5 Å². The third kappa shape index (κ3) is 5.96. The molecule has 3 N–H and O–H groups in total. The number of esters is 1. The topological polar surface area (TPSA) is 114 Å². The second kappa shape index (κ2) is 9.14. The molecule has 0 aliphatic rings. The van der Waals surface area contributed by atoms with E-state index < -0.39 is 17.8 Å². The Morgan fingerprint density at radius 2 is 1.15 bits per heavy atom. The van der Waals surface area contributed by atoms with Gasteiger partial charge in [0.2, 0.25) is 5.91 Å². The molecule has 0 spiro atoms. The average molecular weight is 369 g/mol. The quantitative estimate of drug-likeness (QED) is 0.553. The standard InChI is InChI=1S/C19H19N3O5/c1-3-27-19(26)13-4-6-15(7-5-13)21-17(24)18(25)22-16-10-8-14(9-11-16)20-12(2)23/h4-11H,3H2,1-2H3,(H,20,23)(H,21,24)(H,22,25). The van der Waals surface area contributed by atoms with Crippen LogP contribution in [0.2, 0.25) is 0 Å². The molecule has 2 aromatic rings. The number of benzene rings is 2. The normalized spacial score (nSPS) is 9.85. The Hall–Kier alpha value is -3.68. The predicted octanol–water partition coefficient (Wildman–Crippen LogP) is 2.40. The van der Waals surface area contributed by atoms with E-state index in [1.807, 2.05) is 0 Å². The molecule has 2 rings (SSSR count). The van der Waals surface area contributed by atoms with E-state index in [2.05, 4.69) is 16.0 Å². The highest BCUT2D eigenvalue weighted by atomic mass is 16.5. The minimum absolute atomic E-state index is 0.208. The zero-order valence-corrected chi connectivity index (χ0v) is 14.9. The van der Waals surface area contributed by atoms with Gasteiger partial charge in [-0.3, -0.25) is 14.4 Å². The van der Waals surface area contributed by atoms with E-state index in [1.165, 1.54) is 31.2 Å². The molecule has 0 saturated heterocycles. The molecule has 0 aliphatic heterocycles. The Bertz CT molecular complexity index is 845. The molecule has 0 fully saturated rings. The van der Waals surface area contributed by atoms with Gasteiger partial charge in [-0.05, 0) is 55.5 Å². The Balaban J connectivity index is 1.92. The fraction of sp³-hybridized carbons (Fsp3) is 0.158. The van der Waals surface area contributed by atoms with Crippen LogP contribution in [0.4, 0.5) is 17.1 Å². The van der Waals surface area contributed by atoms with Crippen LogP contribution in [-0.4, -0.2) is 30.3 Å². The summed E-state index contributed by atoms with van der Waals surface area (Å²) in [5.41, 5.74) is 1.69. The lowest BCUT2D eigenvalue weighted by atomic mass is 10.2. The van der Waals surface area contributed by atoms with E-state index in [-0.39, 0.29) is 12.5 Å². The van der Waals surface area contributed by atoms with Crippen LogP contribution in [0.25, 0.3) is 0 Å². The SMILES string of the molecule is CCOC(=O)c1ccc(NC(=O)C(=O)Nc2ccc(NC(C)=O)cc2)cc1. The van der Waals surface area contributed by atoms with Crippen LogP contribution in [0.1, 0.15) is 24.2 Å². The number of carbonyl (C=O) groups excluding carboxylic acids is 4. The maximum Gasteiger partial charge on any atom is 0.338 e. The van der Waals surface area contributed by atoms with E-state index in [9.17, 15) is 19.2 Å². The molecule has 0 saturated carbocycles. The van der Waals surface area contributed by atoms with Crippen molar-refractivity contribution in [3.8, 4) is 0 Å². The van der Waals surface area contributed by atoms with E-state index in [1.54, 1.807) is 31.2 Å². The number of anilines is 3. The van der Waals surface area contributed by atoms with Gasteiger partial charge in [0.1, 0.15) is 0 Å². The number of carbonyl (C=O) groups is 4. The summed E-state index contributed by atoms with van der Waals surface area (Å²) in [4.78, 5) is 46.5. The van der Waals surface area contributed by atoms with Crippen LogP contribution in [0, 0.1) is 0 Å². The lowest BCUT2D eigenvalue weighted by molar-refractivity contribution is -0.132. The molecule has 0 heterocycles. The molecule has 3 amide bonds. The first-order chi connectivity index (χ1) is 12.9. The zero-order valence-electron chi connectivity index (χ0n) is 14.9. The van der Waals surface area contributed by atoms with Gasteiger partial charge in [0, 0.05) is 24.0 Å². The van der Waals surface area contributed by atoms with E-state index in [0.717, 1.165) is 0 Å². The smallest absolute Gasteiger partial charge is 0.338 e. The van der Waals surface area contributed by atoms with Crippen LogP contribution in [0.5, 0.6) is 0 Å². The van der Waals surface area contributed by atoms with Gasteiger partial charge in [-0.2, -0.15) is 0 Å². The fourth-order valence-electron chi connectivity index (χ4n) is 2.12. The number of hydrogen-bond donors (Lipinski definition) is 3. The first-order valence-electron chi connectivity index (χ1n) is 8.16. The van der Waals surface area contributed by atoms with Crippen molar-refractivity contribution in [2.75, 3.05) is 22.6 Å². The van der Waals surface area contributed by atoms with Gasteiger partial charge in [-0.15, -0.1) is 0 Å². The van der Waals surface area contributed by atoms with Crippen molar-refractivity contribution in [2.45, 2.75) is 13.8 Å². The Kier molecular flexibility index (Phi) is 6.65. The minimum atomic E-state index is -0.857. The molecule has 0 atom stereocenters. The Morgan fingerprint density at radius 1 is 0.741 bits per heavy atom. The zero-order chi connectivity index (χ0) is 19.8. The predicted molar refractivity (Wildman–Crippen MR) is 100 cm³/mol. The van der Waals surface area contributed by atoms with Gasteiger partial charge in [0.05, 0.1) is 12.2 Å². The summed E-state index contributed by atoms with van der Waals surface area (Å²) < 4.78 is 4.87. The summed E-state index contributed by atoms with van der Waals surface area (Å²) in [5, 5.41) is 7.49. The summed E-state index contributed by atoms with van der Waals surface area (Å²) >= 11 is 0. The van der Waals surface area contributed by atoms with Gasteiger partial charge in [-0.1, -0.05) is 0 Å². The molecule has 0 aliphatic carbocycles. The highest BCUT2D eigenvalue weighted by Gasteiger charge is 2.14. The number of rotatable bonds is 5. The minimum Gasteiger partial charge on any atom is -0.462 e. The summed E-state index contributed by atoms with van der Waals surface area (Å²) in [6.45, 7) is 3.36. The van der Waals surface area contributed by atoms with Gasteiger partial charge >= 0.3 is 17.8 Å². The summed E-state index contributed by atoms with van der Waals surface area (Å²) in [7, 11) is 0. The third-order valence-electron chi connectivity index (χ3n) is 3.32. The van der Waals surface area contributed by atoms with Crippen molar-refractivity contribution < 1.29 is 23.9 Å². The maximum absolute atomic E-state index is 12.0. The van der Waals surface area contributed by atoms with Crippen LogP contribution in [0.3, 0.4) is 0 Å². The molecule has 140 valence electrons. The van der Waals surface area contributed by atoms with E-state index >= 15 is 0 Å². The number of hydrogen-bond acceptors (Lipinski definition) is 5. The fourth-order valence-corrected chi connectivity index (χ4v) is 2.12. The van der Waals surface area contributed by atoms with Crippen molar-refractivity contribution in [3.63, 3.8) is 0 Å². The molecule has 0 bridgehead atoms. The van der Waals surface area contributed by atoms with Gasteiger partial charge in [0.15, 0.2) is 0 Å². The van der Waals surface area contributed by atoms with Crippen LogP contribution >= 0.6 is 0 Å². The molecule has 0 unspecified atom stereocenters. The first kappa shape index (κ1) is 19.6. The average Bonchev–Trinajstić information content (AvgIpc) is 2.63. The highest BCUT2D eigenvalue weighted by Crippen LogP contribution is 2.14. The van der Waals surface area contributed by atoms with Crippen molar-refractivity contribution >= 4 is 40.8 Å². The van der Waals surface area contributed by atoms with Gasteiger partial charge in [-0.25, -0.2) is 4.79 Å². The molecule has 27 heavy (non-hydrogen) atoms. The largest absolute Gasteiger partial charge is 0.462 e. The van der Waals surface area contributed by atoms with Crippen molar-refractivity contribution in [1.82, 2.24) is 0 Å². The lowest BCUT2D eigenvalue weighted by Crippen LogP contribution is -2.29. The molecular weight excluding hydrogens is 350 g/mol. The number of ether oxygens (including phenoxy) is 1. The van der Waals surface area contributed by atoms with E-state index in [4.69, 9.17) is 4.74 Å². The number of amides is 3. The highest BCUT2D eigenvalue weighted by molar-refractivity contribution is 6.43. The van der Waals surface area contributed by atoms with E-state index in [0.29, 0.717) is 22.6 Å². The van der Waals surface area contributed by atoms with Crippen molar-refractivity contribution in [2.24, 2.45) is 0 Å². The molecule has 0 aromatic heterocycles. The summed E-state index contributed by atoms with van der Waals surface area (Å²) in [6.07, 6.45) is 0. The summed E-state index contributed by atoms with van der Waals surface area (Å²) in [5.74, 6) is -2.38. The first-order valence-corrected chi connectivity index (χ1v) is 8.16. The van der Waals surface area contributed by atoms with Crippen molar-refractivity contribution in [3.05, 3.63) is 54.1 Å². The van der Waals surface area contributed by atoms with Crippen LogP contribution < -0.4 is 16.0 Å². The molecule has 8 heteroatoms. The molecule has 2 aromatic carbocycles. The summed E-state index contributed by atoms with van der Waals surface area (Å²) in [6, 6.07) is 12.3. The Labute approximate surface area is 155 Å².